The maximum absolute atomic E-state index is 10.4. The number of quaternary nitrogens is 1. The molecular formula is C22H40NO+. The Labute approximate surface area is 150 Å². The van der Waals surface area contributed by atoms with Gasteiger partial charge < -0.3 is 9.59 Å². The molecule has 0 saturated carbocycles. The first-order chi connectivity index (χ1) is 11.5. The van der Waals surface area contributed by atoms with Gasteiger partial charge in [0, 0.05) is 0 Å². The predicted octanol–water partition coefficient (Wildman–Crippen LogP) is 5.72. The van der Waals surface area contributed by atoms with Crippen molar-refractivity contribution >= 4 is 0 Å². The Hall–Kier alpha value is -0.860. The third kappa shape index (κ3) is 10.1. The van der Waals surface area contributed by atoms with Gasteiger partial charge in [0.15, 0.2) is 0 Å². The summed E-state index contributed by atoms with van der Waals surface area (Å²) in [5, 5.41) is 10.4. The van der Waals surface area contributed by atoms with E-state index in [4.69, 9.17) is 0 Å². The predicted molar refractivity (Wildman–Crippen MR) is 105 cm³/mol. The van der Waals surface area contributed by atoms with E-state index in [1.807, 2.05) is 30.3 Å². The average molecular weight is 335 g/mol. The van der Waals surface area contributed by atoms with Crippen LogP contribution in [0.5, 0.6) is 0 Å². The molecule has 0 aromatic heterocycles. The van der Waals surface area contributed by atoms with Gasteiger partial charge in [0.05, 0.1) is 20.6 Å². The number of aliphatic hydroxyl groups excluding tert-OH is 1. The van der Waals surface area contributed by atoms with E-state index in [1.54, 1.807) is 0 Å². The highest BCUT2D eigenvalue weighted by Gasteiger charge is 2.21. The molecule has 1 N–H and O–H groups in total. The van der Waals surface area contributed by atoms with Crippen molar-refractivity contribution in [3.8, 4) is 0 Å². The molecule has 0 fully saturated rings. The zero-order valence-corrected chi connectivity index (χ0v) is 16.3. The minimum atomic E-state index is -0.357. The molecule has 1 atom stereocenters. The topological polar surface area (TPSA) is 20.2 Å². The SMILES string of the molecule is CCCCCCCCCCCC[N+](C)(C)C[C@@H](O)c1ccccc1. The molecule has 138 valence electrons. The number of unbranched alkanes of at least 4 members (excludes halogenated alkanes) is 9. The van der Waals surface area contributed by atoms with Crippen molar-refractivity contribution in [1.82, 2.24) is 0 Å². The van der Waals surface area contributed by atoms with Gasteiger partial charge in [-0.1, -0.05) is 88.6 Å². The minimum Gasteiger partial charge on any atom is -0.382 e. The summed E-state index contributed by atoms with van der Waals surface area (Å²) in [5.41, 5.74) is 1.03. The van der Waals surface area contributed by atoms with Crippen molar-refractivity contribution in [1.29, 1.82) is 0 Å². The maximum atomic E-state index is 10.4. The lowest BCUT2D eigenvalue weighted by molar-refractivity contribution is -0.894. The fourth-order valence-corrected chi connectivity index (χ4v) is 3.37. The standard InChI is InChI=1S/C22H40NO/c1-4-5-6-7-8-9-10-11-12-16-19-23(2,3)20-22(24)21-17-14-13-15-18-21/h13-15,17-18,22,24H,4-12,16,19-20H2,1-3H3/q+1/t22-/m1/s1. The molecule has 1 aromatic carbocycles. The van der Waals surface area contributed by atoms with Gasteiger partial charge in [0.1, 0.15) is 12.6 Å². The molecule has 2 heteroatoms. The summed E-state index contributed by atoms with van der Waals surface area (Å²) < 4.78 is 0.896. The highest BCUT2D eigenvalue weighted by atomic mass is 16.3. The largest absolute Gasteiger partial charge is 0.382 e. The normalized spacial score (nSPS) is 13.2. The van der Waals surface area contributed by atoms with Crippen molar-refractivity contribution in [3.63, 3.8) is 0 Å². The second kappa shape index (κ2) is 12.5. The van der Waals surface area contributed by atoms with E-state index < -0.39 is 0 Å². The third-order valence-corrected chi connectivity index (χ3v) is 4.97. The van der Waals surface area contributed by atoms with Crippen molar-refractivity contribution in [2.24, 2.45) is 0 Å². The van der Waals surface area contributed by atoms with Crippen LogP contribution in [0.3, 0.4) is 0 Å². The molecule has 0 aliphatic carbocycles. The summed E-state index contributed by atoms with van der Waals surface area (Å²) >= 11 is 0. The molecule has 0 unspecified atom stereocenters. The molecule has 0 heterocycles. The van der Waals surface area contributed by atoms with Crippen LogP contribution in [0.4, 0.5) is 0 Å². The first-order valence-corrected chi connectivity index (χ1v) is 10.1. The van der Waals surface area contributed by atoms with Crippen LogP contribution in [0.25, 0.3) is 0 Å². The average Bonchev–Trinajstić information content (AvgIpc) is 2.57. The number of hydrogen-bond acceptors (Lipinski definition) is 1. The van der Waals surface area contributed by atoms with Crippen LogP contribution in [0.1, 0.15) is 82.8 Å². The Morgan fingerprint density at radius 1 is 0.792 bits per heavy atom. The van der Waals surface area contributed by atoms with Gasteiger partial charge in [0.25, 0.3) is 0 Å². The fourth-order valence-electron chi connectivity index (χ4n) is 3.37. The highest BCUT2D eigenvalue weighted by Crippen LogP contribution is 2.17. The molecule has 0 aliphatic heterocycles. The summed E-state index contributed by atoms with van der Waals surface area (Å²) in [6.07, 6.45) is 13.4. The number of hydrogen-bond donors (Lipinski definition) is 1. The summed E-state index contributed by atoms with van der Waals surface area (Å²) in [6, 6.07) is 10.0. The quantitative estimate of drug-likeness (QED) is 0.341. The zero-order chi connectivity index (χ0) is 17.7. The number of benzene rings is 1. The fraction of sp³-hybridized carbons (Fsp3) is 0.727. The number of nitrogens with zero attached hydrogens (tertiary/aromatic N) is 1. The lowest BCUT2D eigenvalue weighted by Crippen LogP contribution is -2.43. The van der Waals surface area contributed by atoms with E-state index in [1.165, 1.54) is 64.2 Å². The first kappa shape index (κ1) is 21.2. The van der Waals surface area contributed by atoms with Crippen molar-refractivity contribution in [2.45, 2.75) is 77.2 Å². The van der Waals surface area contributed by atoms with Crippen LogP contribution in [0.15, 0.2) is 30.3 Å². The lowest BCUT2D eigenvalue weighted by Gasteiger charge is -2.32. The highest BCUT2D eigenvalue weighted by molar-refractivity contribution is 5.17. The van der Waals surface area contributed by atoms with Crippen LogP contribution in [-0.4, -0.2) is 36.8 Å². The van der Waals surface area contributed by atoms with Crippen LogP contribution in [0, 0.1) is 0 Å². The summed E-state index contributed by atoms with van der Waals surface area (Å²) in [5.74, 6) is 0. The molecule has 24 heavy (non-hydrogen) atoms. The van der Waals surface area contributed by atoms with E-state index in [0.717, 1.165) is 23.1 Å². The smallest absolute Gasteiger partial charge is 0.128 e. The van der Waals surface area contributed by atoms with Gasteiger partial charge in [-0.3, -0.25) is 0 Å². The van der Waals surface area contributed by atoms with Crippen LogP contribution in [-0.2, 0) is 0 Å². The van der Waals surface area contributed by atoms with Crippen LogP contribution in [0.2, 0.25) is 0 Å². The Morgan fingerprint density at radius 2 is 1.29 bits per heavy atom. The van der Waals surface area contributed by atoms with Crippen LogP contribution < -0.4 is 0 Å². The maximum Gasteiger partial charge on any atom is 0.128 e. The Bertz CT molecular complexity index is 402. The van der Waals surface area contributed by atoms with E-state index in [0.29, 0.717) is 0 Å². The molecule has 0 saturated heterocycles. The molecule has 0 radical (unpaired) electrons. The van der Waals surface area contributed by atoms with E-state index >= 15 is 0 Å². The zero-order valence-electron chi connectivity index (χ0n) is 16.3. The number of likely N-dealkylation sites (N-methyl/N-ethyl adjacent to an activating group) is 1. The molecule has 1 rings (SSSR count). The van der Waals surface area contributed by atoms with Gasteiger partial charge >= 0.3 is 0 Å². The Kier molecular flexibility index (Phi) is 11.0. The lowest BCUT2D eigenvalue weighted by atomic mass is 10.1. The van der Waals surface area contributed by atoms with Gasteiger partial charge in [-0.05, 0) is 18.4 Å². The molecule has 0 amide bonds. The van der Waals surface area contributed by atoms with Crippen molar-refractivity contribution in [3.05, 3.63) is 35.9 Å². The molecule has 0 spiro atoms. The van der Waals surface area contributed by atoms with Gasteiger partial charge in [0.2, 0.25) is 0 Å². The third-order valence-electron chi connectivity index (χ3n) is 4.97. The second-order valence-corrected chi connectivity index (χ2v) is 7.95. The molecular weight excluding hydrogens is 294 g/mol. The minimum absolute atomic E-state index is 0.357. The van der Waals surface area contributed by atoms with Crippen molar-refractivity contribution < 1.29 is 9.59 Å². The first-order valence-electron chi connectivity index (χ1n) is 10.1. The molecule has 0 bridgehead atoms. The van der Waals surface area contributed by atoms with E-state index in [9.17, 15) is 5.11 Å². The Balaban J connectivity index is 2.06. The summed E-state index contributed by atoms with van der Waals surface area (Å²) in [6.45, 7) is 4.22. The van der Waals surface area contributed by atoms with Crippen molar-refractivity contribution in [2.75, 3.05) is 27.2 Å². The number of rotatable bonds is 14. The van der Waals surface area contributed by atoms with E-state index in [-0.39, 0.29) is 6.10 Å². The van der Waals surface area contributed by atoms with Crippen LogP contribution >= 0.6 is 0 Å². The second-order valence-electron chi connectivity index (χ2n) is 7.95. The Morgan fingerprint density at radius 3 is 1.83 bits per heavy atom. The monoisotopic (exact) mass is 334 g/mol. The summed E-state index contributed by atoms with van der Waals surface area (Å²) in [4.78, 5) is 0. The molecule has 2 nitrogen and oxygen atoms in total. The van der Waals surface area contributed by atoms with Gasteiger partial charge in [-0.2, -0.15) is 0 Å². The van der Waals surface area contributed by atoms with Gasteiger partial charge in [-0.25, -0.2) is 0 Å². The summed E-state index contributed by atoms with van der Waals surface area (Å²) in [7, 11) is 4.47. The number of aliphatic hydroxyl groups is 1. The molecule has 0 aliphatic rings. The van der Waals surface area contributed by atoms with Gasteiger partial charge in [-0.15, -0.1) is 0 Å². The molecule has 1 aromatic rings. The van der Waals surface area contributed by atoms with E-state index in [2.05, 4.69) is 21.0 Å².